The van der Waals surface area contributed by atoms with Crippen LogP contribution < -0.4 is 0 Å². The van der Waals surface area contributed by atoms with E-state index in [9.17, 15) is 17.6 Å². The first kappa shape index (κ1) is 16.4. The molecule has 0 unspecified atom stereocenters. The van der Waals surface area contributed by atoms with Gasteiger partial charge in [0.2, 0.25) is 15.9 Å². The number of sulfonamides is 1. The van der Waals surface area contributed by atoms with Crippen molar-refractivity contribution < 1.29 is 17.6 Å². The molecule has 0 aromatic heterocycles. The van der Waals surface area contributed by atoms with Crippen LogP contribution in [0.2, 0.25) is 0 Å². The smallest absolute Gasteiger partial charge is 0.244 e. The maximum absolute atomic E-state index is 13.3. The van der Waals surface area contributed by atoms with Gasteiger partial charge in [-0.15, -0.1) is 0 Å². The molecule has 1 aliphatic heterocycles. The first-order valence-electron chi connectivity index (χ1n) is 6.51. The molecule has 1 amide bonds. The zero-order valence-electron chi connectivity index (χ0n) is 11.6. The van der Waals surface area contributed by atoms with Crippen LogP contribution in [-0.4, -0.2) is 50.2 Å². The number of rotatable bonds is 5. The van der Waals surface area contributed by atoms with E-state index in [1.807, 2.05) is 0 Å². The third kappa shape index (κ3) is 3.61. The van der Waals surface area contributed by atoms with Gasteiger partial charge in [0.1, 0.15) is 5.82 Å². The summed E-state index contributed by atoms with van der Waals surface area (Å²) in [4.78, 5) is 13.0. The quantitative estimate of drug-likeness (QED) is 0.785. The second kappa shape index (κ2) is 6.41. The van der Waals surface area contributed by atoms with Crippen LogP contribution in [0.1, 0.15) is 12.8 Å². The molecule has 1 fully saturated rings. The highest BCUT2D eigenvalue weighted by molar-refractivity contribution is 9.10. The third-order valence-electron chi connectivity index (χ3n) is 3.44. The molecule has 0 saturated carbocycles. The number of nitrogens with zero attached hydrogens (tertiary/aromatic N) is 2. The van der Waals surface area contributed by atoms with Gasteiger partial charge in [-0.3, -0.25) is 4.79 Å². The molecule has 0 atom stereocenters. The zero-order chi connectivity index (χ0) is 15.6. The fraction of sp³-hybridized carbons (Fsp3) is 0.462. The molecule has 0 radical (unpaired) electrons. The van der Waals surface area contributed by atoms with Gasteiger partial charge in [-0.1, -0.05) is 0 Å². The van der Waals surface area contributed by atoms with Crippen molar-refractivity contribution in [3.05, 3.63) is 28.5 Å². The minimum Gasteiger partial charge on any atom is -0.341 e. The minimum absolute atomic E-state index is 0.0488. The van der Waals surface area contributed by atoms with Gasteiger partial charge in [0.25, 0.3) is 0 Å². The fourth-order valence-electron chi connectivity index (χ4n) is 2.16. The minimum atomic E-state index is -3.79. The molecule has 8 heteroatoms. The van der Waals surface area contributed by atoms with E-state index in [0.29, 0.717) is 24.0 Å². The lowest BCUT2D eigenvalue weighted by Crippen LogP contribution is -2.37. The highest BCUT2D eigenvalue weighted by Gasteiger charge is 2.26. The highest BCUT2D eigenvalue weighted by atomic mass is 79.9. The molecule has 1 heterocycles. The van der Waals surface area contributed by atoms with E-state index in [2.05, 4.69) is 15.9 Å². The van der Waals surface area contributed by atoms with Crippen LogP contribution in [0.4, 0.5) is 4.39 Å². The topological polar surface area (TPSA) is 57.7 Å². The van der Waals surface area contributed by atoms with Gasteiger partial charge < -0.3 is 4.90 Å². The number of halogens is 2. The lowest BCUT2D eigenvalue weighted by atomic mass is 10.3. The van der Waals surface area contributed by atoms with Gasteiger partial charge in [0, 0.05) is 37.6 Å². The molecule has 5 nitrogen and oxygen atoms in total. The van der Waals surface area contributed by atoms with Crippen LogP contribution in [0, 0.1) is 5.82 Å². The van der Waals surface area contributed by atoms with E-state index in [0.717, 1.165) is 16.8 Å². The second-order valence-corrected chi connectivity index (χ2v) is 7.75. The molecule has 21 heavy (non-hydrogen) atoms. The van der Waals surface area contributed by atoms with Crippen LogP contribution in [0.3, 0.4) is 0 Å². The molecule has 0 spiro atoms. The van der Waals surface area contributed by atoms with Crippen LogP contribution in [0.5, 0.6) is 0 Å². The summed E-state index contributed by atoms with van der Waals surface area (Å²) >= 11 is 3.12. The lowest BCUT2D eigenvalue weighted by molar-refractivity contribution is -0.127. The SMILES string of the molecule is CN(CCN1CCCC1=O)S(=O)(=O)c1cc(F)ccc1Br. The predicted molar refractivity (Wildman–Crippen MR) is 79.7 cm³/mol. The van der Waals surface area contributed by atoms with Gasteiger partial charge in [0.15, 0.2) is 0 Å². The summed E-state index contributed by atoms with van der Waals surface area (Å²) in [6.45, 7) is 1.19. The summed E-state index contributed by atoms with van der Waals surface area (Å²) in [6, 6.07) is 3.53. The summed E-state index contributed by atoms with van der Waals surface area (Å²) in [6.07, 6.45) is 1.33. The van der Waals surface area contributed by atoms with E-state index in [-0.39, 0.29) is 17.3 Å². The number of hydrogen-bond donors (Lipinski definition) is 0. The predicted octanol–water partition coefficient (Wildman–Crippen LogP) is 1.83. The average Bonchev–Trinajstić information content (AvgIpc) is 2.84. The maximum Gasteiger partial charge on any atom is 0.244 e. The summed E-state index contributed by atoms with van der Waals surface area (Å²) in [5, 5.41) is 0. The molecule has 0 N–H and O–H groups in total. The molecule has 0 aliphatic carbocycles. The summed E-state index contributed by atoms with van der Waals surface area (Å²) < 4.78 is 39.6. The van der Waals surface area contributed by atoms with Gasteiger partial charge in [0.05, 0.1) is 4.90 Å². The first-order valence-corrected chi connectivity index (χ1v) is 8.75. The Bertz CT molecular complexity index is 651. The largest absolute Gasteiger partial charge is 0.341 e. The van der Waals surface area contributed by atoms with Crippen molar-refractivity contribution in [1.82, 2.24) is 9.21 Å². The number of amides is 1. The van der Waals surface area contributed by atoms with E-state index in [4.69, 9.17) is 0 Å². The van der Waals surface area contributed by atoms with Crippen molar-refractivity contribution in [2.45, 2.75) is 17.7 Å². The molecule has 116 valence electrons. The molecule has 1 aliphatic rings. The average molecular weight is 379 g/mol. The zero-order valence-corrected chi connectivity index (χ0v) is 14.0. The Hall–Kier alpha value is -0.990. The van der Waals surface area contributed by atoms with Crippen molar-refractivity contribution in [2.75, 3.05) is 26.7 Å². The summed E-state index contributed by atoms with van der Waals surface area (Å²) in [7, 11) is -2.37. The molecule has 1 aromatic rings. The molecule has 0 bridgehead atoms. The number of likely N-dealkylation sites (N-methyl/N-ethyl adjacent to an activating group) is 1. The van der Waals surface area contributed by atoms with Crippen molar-refractivity contribution in [2.24, 2.45) is 0 Å². The standard InChI is InChI=1S/C13H16BrFN2O3S/c1-16(7-8-17-6-2-3-13(17)18)21(19,20)12-9-10(15)4-5-11(12)14/h4-5,9H,2-3,6-8H2,1H3. The lowest BCUT2D eigenvalue weighted by Gasteiger charge is -2.22. The Morgan fingerprint density at radius 3 is 2.76 bits per heavy atom. The first-order chi connectivity index (χ1) is 9.82. The Kier molecular flexibility index (Phi) is 5.00. The van der Waals surface area contributed by atoms with Crippen LogP contribution >= 0.6 is 15.9 Å². The third-order valence-corrected chi connectivity index (χ3v) is 6.29. The van der Waals surface area contributed by atoms with Gasteiger partial charge >= 0.3 is 0 Å². The number of benzene rings is 1. The molecule has 1 saturated heterocycles. The van der Waals surface area contributed by atoms with Crippen molar-refractivity contribution in [3.63, 3.8) is 0 Å². The number of hydrogen-bond acceptors (Lipinski definition) is 3. The van der Waals surface area contributed by atoms with E-state index < -0.39 is 15.8 Å². The Labute approximate surface area is 131 Å². The van der Waals surface area contributed by atoms with E-state index >= 15 is 0 Å². The normalized spacial score (nSPS) is 16.0. The molecular weight excluding hydrogens is 363 g/mol. The van der Waals surface area contributed by atoms with E-state index in [1.165, 1.54) is 19.2 Å². The van der Waals surface area contributed by atoms with Crippen LogP contribution in [0.25, 0.3) is 0 Å². The molecule has 2 rings (SSSR count). The molecule has 1 aromatic carbocycles. The fourth-order valence-corrected chi connectivity index (χ4v) is 4.26. The van der Waals surface area contributed by atoms with Crippen molar-refractivity contribution in [1.29, 1.82) is 0 Å². The van der Waals surface area contributed by atoms with Gasteiger partial charge in [-0.25, -0.2) is 12.8 Å². The summed E-state index contributed by atoms with van der Waals surface area (Å²) in [5.74, 6) is -0.562. The van der Waals surface area contributed by atoms with Crippen molar-refractivity contribution in [3.8, 4) is 0 Å². The Morgan fingerprint density at radius 2 is 2.14 bits per heavy atom. The Balaban J connectivity index is 2.11. The summed E-state index contributed by atoms with van der Waals surface area (Å²) in [5.41, 5.74) is 0. The Morgan fingerprint density at radius 1 is 1.43 bits per heavy atom. The number of carbonyl (C=O) groups is 1. The van der Waals surface area contributed by atoms with Crippen LogP contribution in [0.15, 0.2) is 27.6 Å². The van der Waals surface area contributed by atoms with Crippen molar-refractivity contribution >= 4 is 31.9 Å². The highest BCUT2D eigenvalue weighted by Crippen LogP contribution is 2.25. The number of carbonyl (C=O) groups excluding carboxylic acids is 1. The number of likely N-dealkylation sites (tertiary alicyclic amines) is 1. The maximum atomic E-state index is 13.3. The monoisotopic (exact) mass is 378 g/mol. The van der Waals surface area contributed by atoms with Gasteiger partial charge in [-0.05, 0) is 40.5 Å². The second-order valence-electron chi connectivity index (χ2n) is 4.89. The van der Waals surface area contributed by atoms with E-state index in [1.54, 1.807) is 4.90 Å². The molecular formula is C13H16BrFN2O3S. The van der Waals surface area contributed by atoms with Gasteiger partial charge in [-0.2, -0.15) is 4.31 Å². The van der Waals surface area contributed by atoms with Crippen LogP contribution in [-0.2, 0) is 14.8 Å².